The van der Waals surface area contributed by atoms with E-state index in [4.69, 9.17) is 16.3 Å². The van der Waals surface area contributed by atoms with Crippen LogP contribution in [0.25, 0.3) is 0 Å². The molecule has 132 valence electrons. The quantitative estimate of drug-likeness (QED) is 0.749. The monoisotopic (exact) mass is 444 g/mol. The van der Waals surface area contributed by atoms with Crippen molar-refractivity contribution in [2.45, 2.75) is 18.9 Å². The van der Waals surface area contributed by atoms with Crippen LogP contribution in [0.4, 0.5) is 0 Å². The third kappa shape index (κ3) is 5.46. The molecule has 2 fully saturated rings. The maximum Gasteiger partial charge on any atom is 0.0469 e. The minimum Gasteiger partial charge on any atom is -0.381 e. The first-order valence-electron chi connectivity index (χ1n) is 7.73. The molecule has 2 aliphatic rings. The van der Waals surface area contributed by atoms with Gasteiger partial charge in [-0.25, -0.2) is 0 Å². The van der Waals surface area contributed by atoms with Gasteiger partial charge < -0.3 is 10.1 Å². The molecule has 3 rings (SSSR count). The molecule has 23 heavy (non-hydrogen) atoms. The first-order valence-corrected chi connectivity index (χ1v) is 8.90. The molecule has 0 bridgehead atoms. The number of piperazine rings is 1. The summed E-state index contributed by atoms with van der Waals surface area (Å²) < 4.78 is 6.69. The van der Waals surface area contributed by atoms with E-state index in [1.807, 2.05) is 12.1 Å². The average molecular weight is 447 g/mol. The second kappa shape index (κ2) is 10.4. The summed E-state index contributed by atoms with van der Waals surface area (Å²) in [7, 11) is 0. The zero-order valence-electron chi connectivity index (χ0n) is 13.0. The van der Waals surface area contributed by atoms with Crippen LogP contribution in [0.2, 0.25) is 5.02 Å². The van der Waals surface area contributed by atoms with E-state index >= 15 is 0 Å². The molecule has 0 aliphatic carbocycles. The van der Waals surface area contributed by atoms with Gasteiger partial charge in [0.05, 0.1) is 0 Å². The van der Waals surface area contributed by atoms with Gasteiger partial charge in [0.25, 0.3) is 0 Å². The van der Waals surface area contributed by atoms with Crippen LogP contribution in [0.5, 0.6) is 0 Å². The molecule has 2 aliphatic heterocycles. The van der Waals surface area contributed by atoms with Crippen LogP contribution in [0.1, 0.15) is 24.4 Å². The van der Waals surface area contributed by atoms with Crippen LogP contribution in [-0.2, 0) is 4.74 Å². The standard InChI is InChI=1S/C16H22BrClN2O.2ClH/c17-15-11-13(18)1-2-14(15)16(12-3-9-21-10-4-12)20-7-5-19-6-8-20;;/h1-2,11-12,16,19H,3-10H2;2*1H/t16-;;/m1../s1. The number of hydrogen-bond acceptors (Lipinski definition) is 3. The summed E-state index contributed by atoms with van der Waals surface area (Å²) in [5, 5.41) is 4.24. The van der Waals surface area contributed by atoms with Crippen molar-refractivity contribution in [1.29, 1.82) is 0 Å². The molecule has 0 saturated carbocycles. The summed E-state index contributed by atoms with van der Waals surface area (Å²) in [5.41, 5.74) is 1.37. The summed E-state index contributed by atoms with van der Waals surface area (Å²) >= 11 is 9.84. The van der Waals surface area contributed by atoms with E-state index in [1.54, 1.807) is 0 Å². The van der Waals surface area contributed by atoms with Crippen LogP contribution in [0.3, 0.4) is 0 Å². The average Bonchev–Trinajstić information content (AvgIpc) is 2.52. The van der Waals surface area contributed by atoms with Crippen LogP contribution in [-0.4, -0.2) is 44.3 Å². The zero-order chi connectivity index (χ0) is 14.7. The SMILES string of the molecule is Cl.Cl.Clc1ccc([C@@H](C2CCOCC2)N2CCNCC2)c(Br)c1. The molecule has 0 amide bonds. The molecule has 2 heterocycles. The normalized spacial score (nSPS) is 21.1. The number of nitrogens with one attached hydrogen (secondary N) is 1. The molecule has 1 aromatic rings. The van der Waals surface area contributed by atoms with E-state index in [9.17, 15) is 0 Å². The number of nitrogens with zero attached hydrogens (tertiary/aromatic N) is 1. The lowest BCUT2D eigenvalue weighted by atomic mass is 9.85. The lowest BCUT2D eigenvalue weighted by Gasteiger charge is -2.41. The molecular weight excluding hydrogens is 422 g/mol. The summed E-state index contributed by atoms with van der Waals surface area (Å²) in [6.07, 6.45) is 2.29. The molecular formula is C16H24BrCl3N2O. The Morgan fingerprint density at radius 2 is 1.83 bits per heavy atom. The predicted molar refractivity (Wildman–Crippen MR) is 104 cm³/mol. The van der Waals surface area contributed by atoms with E-state index in [0.29, 0.717) is 12.0 Å². The molecule has 1 aromatic carbocycles. The van der Waals surface area contributed by atoms with Crippen molar-refractivity contribution in [2.75, 3.05) is 39.4 Å². The van der Waals surface area contributed by atoms with E-state index in [2.05, 4.69) is 32.2 Å². The minimum absolute atomic E-state index is 0. The molecule has 0 radical (unpaired) electrons. The van der Waals surface area contributed by atoms with E-state index in [0.717, 1.165) is 61.7 Å². The second-order valence-corrected chi connectivity index (χ2v) is 7.14. The third-order valence-corrected chi connectivity index (χ3v) is 5.46. The van der Waals surface area contributed by atoms with Crippen molar-refractivity contribution in [3.63, 3.8) is 0 Å². The van der Waals surface area contributed by atoms with Gasteiger partial charge in [0.2, 0.25) is 0 Å². The molecule has 0 unspecified atom stereocenters. The highest BCUT2D eigenvalue weighted by Crippen LogP contribution is 2.39. The number of rotatable bonds is 3. The van der Waals surface area contributed by atoms with Gasteiger partial charge >= 0.3 is 0 Å². The smallest absolute Gasteiger partial charge is 0.0469 e. The van der Waals surface area contributed by atoms with Gasteiger partial charge in [-0.3, -0.25) is 4.90 Å². The Morgan fingerprint density at radius 3 is 2.43 bits per heavy atom. The number of ether oxygens (including phenoxy) is 1. The maximum absolute atomic E-state index is 6.12. The van der Waals surface area contributed by atoms with Gasteiger partial charge in [-0.05, 0) is 36.5 Å². The van der Waals surface area contributed by atoms with Crippen LogP contribution in [0, 0.1) is 5.92 Å². The molecule has 1 N–H and O–H groups in total. The van der Waals surface area contributed by atoms with Gasteiger partial charge in [0, 0.05) is 54.9 Å². The summed E-state index contributed by atoms with van der Waals surface area (Å²) in [6, 6.07) is 6.68. The highest BCUT2D eigenvalue weighted by Gasteiger charge is 2.32. The second-order valence-electron chi connectivity index (χ2n) is 5.85. The molecule has 3 nitrogen and oxygen atoms in total. The van der Waals surface area contributed by atoms with Gasteiger partial charge in [0.1, 0.15) is 0 Å². The van der Waals surface area contributed by atoms with Crippen molar-refractivity contribution in [3.05, 3.63) is 33.3 Å². The third-order valence-electron chi connectivity index (χ3n) is 4.54. The Labute approximate surface area is 164 Å². The van der Waals surface area contributed by atoms with E-state index < -0.39 is 0 Å². The summed E-state index contributed by atoms with van der Waals surface area (Å²) in [4.78, 5) is 2.63. The highest BCUT2D eigenvalue weighted by atomic mass is 79.9. The molecule has 2 saturated heterocycles. The zero-order valence-corrected chi connectivity index (χ0v) is 16.9. The fraction of sp³-hybridized carbons (Fsp3) is 0.625. The van der Waals surface area contributed by atoms with Crippen molar-refractivity contribution in [1.82, 2.24) is 10.2 Å². The van der Waals surface area contributed by atoms with E-state index in [1.165, 1.54) is 5.56 Å². The molecule has 0 aromatic heterocycles. The lowest BCUT2D eigenvalue weighted by Crippen LogP contribution is -2.47. The van der Waals surface area contributed by atoms with Crippen molar-refractivity contribution >= 4 is 52.3 Å². The summed E-state index contributed by atoms with van der Waals surface area (Å²) in [6.45, 7) is 6.14. The van der Waals surface area contributed by atoms with Crippen LogP contribution in [0.15, 0.2) is 22.7 Å². The van der Waals surface area contributed by atoms with Gasteiger partial charge in [0.15, 0.2) is 0 Å². The molecule has 7 heteroatoms. The van der Waals surface area contributed by atoms with Gasteiger partial charge in [-0.1, -0.05) is 33.6 Å². The topological polar surface area (TPSA) is 24.5 Å². The molecule has 0 spiro atoms. The van der Waals surface area contributed by atoms with E-state index in [-0.39, 0.29) is 24.8 Å². The van der Waals surface area contributed by atoms with Gasteiger partial charge in [-0.2, -0.15) is 0 Å². The van der Waals surface area contributed by atoms with Crippen molar-refractivity contribution < 1.29 is 4.74 Å². The predicted octanol–water partition coefficient (Wildman–Crippen LogP) is 4.32. The largest absolute Gasteiger partial charge is 0.381 e. The number of hydrogen-bond donors (Lipinski definition) is 1. The minimum atomic E-state index is 0. The fourth-order valence-electron chi connectivity index (χ4n) is 3.48. The Morgan fingerprint density at radius 1 is 1.17 bits per heavy atom. The number of halogens is 4. The first-order chi connectivity index (χ1) is 10.3. The summed E-state index contributed by atoms with van der Waals surface area (Å²) in [5.74, 6) is 0.661. The number of benzene rings is 1. The molecule has 1 atom stereocenters. The van der Waals surface area contributed by atoms with Crippen LogP contribution < -0.4 is 5.32 Å². The van der Waals surface area contributed by atoms with Crippen LogP contribution >= 0.6 is 52.3 Å². The van der Waals surface area contributed by atoms with Crippen molar-refractivity contribution in [3.8, 4) is 0 Å². The Kier molecular flexibility index (Phi) is 9.76. The Hall–Kier alpha value is 0.450. The Balaban J connectivity index is 0.00000132. The Bertz CT molecular complexity index is 462. The highest BCUT2D eigenvalue weighted by molar-refractivity contribution is 9.10. The first kappa shape index (κ1) is 21.5. The lowest BCUT2D eigenvalue weighted by molar-refractivity contribution is 0.0211. The maximum atomic E-state index is 6.12. The van der Waals surface area contributed by atoms with Crippen molar-refractivity contribution in [2.24, 2.45) is 5.92 Å². The fourth-order valence-corrected chi connectivity index (χ4v) is 4.40. The van der Waals surface area contributed by atoms with Gasteiger partial charge in [-0.15, -0.1) is 24.8 Å².